The number of nitrogens with zero attached hydrogens (tertiary/aromatic N) is 4. The van der Waals surface area contributed by atoms with Crippen LogP contribution in [0.2, 0.25) is 10.0 Å². The van der Waals surface area contributed by atoms with E-state index in [1.54, 1.807) is 24.3 Å². The van der Waals surface area contributed by atoms with Crippen molar-refractivity contribution in [3.8, 4) is 17.3 Å². The van der Waals surface area contributed by atoms with Crippen LogP contribution in [-0.4, -0.2) is 49.9 Å². The molecule has 1 aromatic carbocycles. The number of anilines is 1. The van der Waals surface area contributed by atoms with Gasteiger partial charge in [0.1, 0.15) is 11.2 Å². The molecule has 11 heteroatoms. The number of H-pyrrole nitrogens is 1. The number of carbonyl (C=O) groups excluding carboxylic acids is 1. The largest absolute Gasteiger partial charge is 0.461 e. The Hall–Kier alpha value is -3.27. The normalized spacial score (nSPS) is 12.2. The van der Waals surface area contributed by atoms with E-state index in [1.165, 1.54) is 12.4 Å². The monoisotopic (exact) mass is 486 g/mol. The molecule has 1 amide bonds. The molecule has 170 valence electrons. The van der Waals surface area contributed by atoms with Gasteiger partial charge < -0.3 is 14.8 Å². The number of nitrogens with one attached hydrogen (secondary N) is 2. The fraction of sp³-hybridized carbons (Fsp3) is 0.227. The number of benzene rings is 1. The number of carbonyl (C=O) groups is 1. The molecule has 0 spiro atoms. The summed E-state index contributed by atoms with van der Waals surface area (Å²) in [5.74, 6) is 0.367. The van der Waals surface area contributed by atoms with Crippen molar-refractivity contribution in [1.29, 1.82) is 0 Å². The Morgan fingerprint density at radius 3 is 2.67 bits per heavy atom. The number of aromatic amines is 1. The van der Waals surface area contributed by atoms with Crippen LogP contribution in [0.25, 0.3) is 22.4 Å². The molecule has 0 saturated carbocycles. The Morgan fingerprint density at radius 2 is 1.94 bits per heavy atom. The lowest BCUT2D eigenvalue weighted by Crippen LogP contribution is -2.38. The van der Waals surface area contributed by atoms with Gasteiger partial charge in [0, 0.05) is 11.8 Å². The summed E-state index contributed by atoms with van der Waals surface area (Å²) in [4.78, 5) is 26.1. The van der Waals surface area contributed by atoms with E-state index in [1.807, 2.05) is 26.0 Å². The Kier molecular flexibility index (Phi) is 7.02. The van der Waals surface area contributed by atoms with Gasteiger partial charge in [-0.3, -0.25) is 9.89 Å². The topological polar surface area (TPSA) is 115 Å². The fourth-order valence-electron chi connectivity index (χ4n) is 2.90. The third-order valence-corrected chi connectivity index (χ3v) is 5.05. The lowest BCUT2D eigenvalue weighted by atomic mass is 10.2. The van der Waals surface area contributed by atoms with E-state index in [-0.39, 0.29) is 18.6 Å². The van der Waals surface area contributed by atoms with Crippen LogP contribution >= 0.6 is 23.2 Å². The van der Waals surface area contributed by atoms with Gasteiger partial charge in [-0.25, -0.2) is 9.97 Å². The third kappa shape index (κ3) is 5.57. The molecule has 0 aliphatic heterocycles. The van der Waals surface area contributed by atoms with Crippen LogP contribution in [0, 0.1) is 0 Å². The highest BCUT2D eigenvalue weighted by Gasteiger charge is 2.25. The number of ether oxygens (including phenoxy) is 2. The second-order valence-electron chi connectivity index (χ2n) is 7.30. The van der Waals surface area contributed by atoms with Gasteiger partial charge >= 0.3 is 0 Å². The standard InChI is InChI=1S/C22H20Cl2N6O3/c1-12(2)32-11-17(21(31)27-18-8-7-13(23)9-25-18)33-22-15-10-26-30-20(15)28-19(29-22)14-5-3-4-6-16(14)24/h3-10,12,17H,11H2,1-2H3,(H,25,27,31)(H,26,28,29,30)/t17-/m0/s1. The summed E-state index contributed by atoms with van der Waals surface area (Å²) < 4.78 is 11.7. The van der Waals surface area contributed by atoms with Crippen molar-refractivity contribution in [3.63, 3.8) is 0 Å². The molecule has 0 aliphatic carbocycles. The van der Waals surface area contributed by atoms with Crippen LogP contribution in [0.1, 0.15) is 13.8 Å². The van der Waals surface area contributed by atoms with Crippen LogP contribution in [0.5, 0.6) is 5.88 Å². The van der Waals surface area contributed by atoms with E-state index in [9.17, 15) is 4.79 Å². The molecule has 0 fully saturated rings. The van der Waals surface area contributed by atoms with E-state index in [0.29, 0.717) is 38.3 Å². The fourth-order valence-corrected chi connectivity index (χ4v) is 3.23. The van der Waals surface area contributed by atoms with Gasteiger partial charge in [0.2, 0.25) is 12.0 Å². The molecule has 3 aromatic heterocycles. The number of fused-ring (bicyclic) bond motifs is 1. The number of halogens is 2. The second-order valence-corrected chi connectivity index (χ2v) is 8.15. The quantitative estimate of drug-likeness (QED) is 0.375. The molecule has 0 bridgehead atoms. The third-order valence-electron chi connectivity index (χ3n) is 4.50. The van der Waals surface area contributed by atoms with E-state index >= 15 is 0 Å². The SMILES string of the molecule is CC(C)OC[C@H](Oc1nc(-c2ccccc2Cl)nc2[nH]ncc12)C(=O)Nc1ccc(Cl)cn1. The van der Waals surface area contributed by atoms with Gasteiger partial charge in [-0.2, -0.15) is 10.1 Å². The van der Waals surface area contributed by atoms with Gasteiger partial charge in [0.15, 0.2) is 11.5 Å². The van der Waals surface area contributed by atoms with Crippen LogP contribution in [0.3, 0.4) is 0 Å². The number of hydrogen-bond donors (Lipinski definition) is 2. The van der Waals surface area contributed by atoms with Crippen LogP contribution in [0.4, 0.5) is 5.82 Å². The maximum Gasteiger partial charge on any atom is 0.269 e. The maximum atomic E-state index is 13.0. The van der Waals surface area contributed by atoms with Crippen molar-refractivity contribution in [2.45, 2.75) is 26.1 Å². The molecule has 2 N–H and O–H groups in total. The van der Waals surface area contributed by atoms with Crippen LogP contribution in [0.15, 0.2) is 48.8 Å². The first kappa shape index (κ1) is 22.9. The highest BCUT2D eigenvalue weighted by atomic mass is 35.5. The summed E-state index contributed by atoms with van der Waals surface area (Å²) in [6, 6.07) is 10.4. The number of pyridine rings is 1. The van der Waals surface area contributed by atoms with Crippen LogP contribution in [-0.2, 0) is 9.53 Å². The predicted molar refractivity (Wildman–Crippen MR) is 126 cm³/mol. The second kappa shape index (κ2) is 10.1. The molecule has 0 unspecified atom stereocenters. The molecule has 0 saturated heterocycles. The minimum atomic E-state index is -1.03. The number of hydrogen-bond acceptors (Lipinski definition) is 7. The average molecular weight is 487 g/mol. The lowest BCUT2D eigenvalue weighted by Gasteiger charge is -2.20. The van der Waals surface area contributed by atoms with Gasteiger partial charge in [0.25, 0.3) is 5.91 Å². The average Bonchev–Trinajstić information content (AvgIpc) is 3.27. The number of amides is 1. The van der Waals surface area contributed by atoms with Crippen molar-refractivity contribution in [2.24, 2.45) is 0 Å². The Labute approximate surface area is 199 Å². The summed E-state index contributed by atoms with van der Waals surface area (Å²) in [5, 5.41) is 11.0. The molecular formula is C22H20Cl2N6O3. The first-order chi connectivity index (χ1) is 15.9. The van der Waals surface area contributed by atoms with Gasteiger partial charge in [-0.1, -0.05) is 35.3 Å². The van der Waals surface area contributed by atoms with Crippen molar-refractivity contribution >= 4 is 46.0 Å². The Morgan fingerprint density at radius 1 is 1.12 bits per heavy atom. The van der Waals surface area contributed by atoms with Crippen molar-refractivity contribution in [1.82, 2.24) is 25.1 Å². The molecule has 0 aliphatic rings. The van der Waals surface area contributed by atoms with Gasteiger partial charge in [0.05, 0.1) is 29.0 Å². The van der Waals surface area contributed by atoms with E-state index in [4.69, 9.17) is 32.7 Å². The smallest absolute Gasteiger partial charge is 0.269 e. The highest BCUT2D eigenvalue weighted by molar-refractivity contribution is 6.33. The van der Waals surface area contributed by atoms with Gasteiger partial charge in [-0.15, -0.1) is 0 Å². The summed E-state index contributed by atoms with van der Waals surface area (Å²) in [6.07, 6.45) is 1.82. The highest BCUT2D eigenvalue weighted by Crippen LogP contribution is 2.30. The van der Waals surface area contributed by atoms with Crippen molar-refractivity contribution in [3.05, 3.63) is 58.8 Å². The molecule has 33 heavy (non-hydrogen) atoms. The molecule has 4 aromatic rings. The minimum absolute atomic E-state index is 0.0120. The molecule has 0 radical (unpaired) electrons. The van der Waals surface area contributed by atoms with E-state index < -0.39 is 12.0 Å². The molecular weight excluding hydrogens is 467 g/mol. The van der Waals surface area contributed by atoms with E-state index in [2.05, 4.69) is 30.5 Å². The Bertz CT molecular complexity index is 1260. The lowest BCUT2D eigenvalue weighted by molar-refractivity contribution is -0.126. The number of rotatable bonds is 8. The minimum Gasteiger partial charge on any atom is -0.461 e. The molecule has 4 rings (SSSR count). The molecule has 1 atom stereocenters. The maximum absolute atomic E-state index is 13.0. The zero-order valence-electron chi connectivity index (χ0n) is 17.8. The molecule has 3 heterocycles. The first-order valence-corrected chi connectivity index (χ1v) is 10.8. The summed E-state index contributed by atoms with van der Waals surface area (Å²) in [7, 11) is 0. The summed E-state index contributed by atoms with van der Waals surface area (Å²) in [5.41, 5.74) is 1.06. The first-order valence-electron chi connectivity index (χ1n) is 10.1. The molecule has 9 nitrogen and oxygen atoms in total. The predicted octanol–water partition coefficient (Wildman–Crippen LogP) is 4.53. The van der Waals surface area contributed by atoms with Crippen molar-refractivity contribution in [2.75, 3.05) is 11.9 Å². The number of aromatic nitrogens is 5. The van der Waals surface area contributed by atoms with Gasteiger partial charge in [-0.05, 0) is 38.1 Å². The zero-order valence-corrected chi connectivity index (χ0v) is 19.3. The Balaban J connectivity index is 1.66. The van der Waals surface area contributed by atoms with Crippen LogP contribution < -0.4 is 10.1 Å². The summed E-state index contributed by atoms with van der Waals surface area (Å²) >= 11 is 12.2. The van der Waals surface area contributed by atoms with E-state index in [0.717, 1.165) is 0 Å². The zero-order chi connectivity index (χ0) is 23.4. The van der Waals surface area contributed by atoms with Crippen molar-refractivity contribution < 1.29 is 14.3 Å². The summed E-state index contributed by atoms with van der Waals surface area (Å²) in [6.45, 7) is 3.72.